The first-order valence-electron chi connectivity index (χ1n) is 11.6. The molecule has 0 radical (unpaired) electrons. The van der Waals surface area contributed by atoms with Crippen molar-refractivity contribution in [3.8, 4) is 11.5 Å². The van der Waals surface area contributed by atoms with E-state index in [1.807, 2.05) is 19.9 Å². The topological polar surface area (TPSA) is 110 Å². The Kier molecular flexibility index (Phi) is 6.16. The number of fused-ring (bicyclic) bond motifs is 1. The Morgan fingerprint density at radius 1 is 1.11 bits per heavy atom. The molecule has 1 N–H and O–H groups in total. The van der Waals surface area contributed by atoms with E-state index in [-0.39, 0.29) is 22.9 Å². The van der Waals surface area contributed by atoms with Crippen LogP contribution < -0.4 is 4.72 Å². The zero-order valence-corrected chi connectivity index (χ0v) is 20.4. The molecular weight excluding hydrogens is 466 g/mol. The van der Waals surface area contributed by atoms with Gasteiger partial charge in [-0.1, -0.05) is 18.2 Å². The maximum absolute atomic E-state index is 13.6. The fourth-order valence-corrected chi connectivity index (χ4v) is 5.71. The highest BCUT2D eigenvalue weighted by molar-refractivity contribution is 7.89. The summed E-state index contributed by atoms with van der Waals surface area (Å²) in [6.07, 6.45) is 4.32. The molecule has 35 heavy (non-hydrogen) atoms. The maximum atomic E-state index is 13.6. The lowest BCUT2D eigenvalue weighted by Gasteiger charge is -2.32. The van der Waals surface area contributed by atoms with Gasteiger partial charge >= 0.3 is 0 Å². The van der Waals surface area contributed by atoms with E-state index < -0.39 is 10.0 Å². The Balaban J connectivity index is 1.37. The van der Waals surface area contributed by atoms with E-state index in [0.717, 1.165) is 0 Å². The highest BCUT2D eigenvalue weighted by Crippen LogP contribution is 2.28. The lowest BCUT2D eigenvalue weighted by molar-refractivity contribution is 0.0713. The average molecular weight is 494 g/mol. The minimum Gasteiger partial charge on any atom is -0.463 e. The highest BCUT2D eigenvalue weighted by Gasteiger charge is 2.29. The van der Waals surface area contributed by atoms with Gasteiger partial charge in [-0.05, 0) is 57.0 Å². The van der Waals surface area contributed by atoms with Crippen molar-refractivity contribution in [3.05, 3.63) is 66.6 Å². The predicted molar refractivity (Wildman–Crippen MR) is 131 cm³/mol. The number of likely N-dealkylation sites (tertiary alicyclic amines) is 1. The molecule has 0 bridgehead atoms. The number of amides is 1. The van der Waals surface area contributed by atoms with E-state index in [1.54, 1.807) is 64.5 Å². The Labute approximate surface area is 203 Å². The fraction of sp³-hybridized carbons (Fsp3) is 0.320. The van der Waals surface area contributed by atoms with Gasteiger partial charge in [-0.15, -0.1) is 0 Å². The molecule has 0 unspecified atom stereocenters. The average Bonchev–Trinajstić information content (AvgIpc) is 3.54. The molecule has 1 aromatic carbocycles. The molecule has 4 aromatic rings. The maximum Gasteiger partial charge on any atom is 0.254 e. The summed E-state index contributed by atoms with van der Waals surface area (Å²) in [4.78, 5) is 20.4. The van der Waals surface area contributed by atoms with Crippen molar-refractivity contribution in [1.82, 2.24) is 24.4 Å². The summed E-state index contributed by atoms with van der Waals surface area (Å²) in [5.41, 5.74) is 1.71. The van der Waals surface area contributed by atoms with Gasteiger partial charge in [0.15, 0.2) is 11.4 Å². The summed E-state index contributed by atoms with van der Waals surface area (Å²) in [6.45, 7) is 4.91. The van der Waals surface area contributed by atoms with Crippen molar-refractivity contribution in [2.24, 2.45) is 0 Å². The van der Waals surface area contributed by atoms with Gasteiger partial charge in [-0.2, -0.15) is 5.10 Å². The number of carbonyl (C=O) groups excluding carboxylic acids is 1. The van der Waals surface area contributed by atoms with Crippen LogP contribution >= 0.6 is 0 Å². The van der Waals surface area contributed by atoms with Gasteiger partial charge in [0.2, 0.25) is 10.0 Å². The number of hydrogen-bond donors (Lipinski definition) is 1. The predicted octanol–water partition coefficient (Wildman–Crippen LogP) is 3.86. The number of aromatic nitrogens is 3. The first-order valence-corrected chi connectivity index (χ1v) is 13.1. The quantitative estimate of drug-likeness (QED) is 0.437. The van der Waals surface area contributed by atoms with Gasteiger partial charge in [-0.25, -0.2) is 22.8 Å². The van der Waals surface area contributed by atoms with Gasteiger partial charge < -0.3 is 9.32 Å². The monoisotopic (exact) mass is 493 g/mol. The van der Waals surface area contributed by atoms with Crippen LogP contribution in [0.4, 0.5) is 0 Å². The number of nitrogens with zero attached hydrogens (tertiary/aromatic N) is 4. The van der Waals surface area contributed by atoms with Crippen LogP contribution in [0.3, 0.4) is 0 Å². The Morgan fingerprint density at radius 2 is 1.86 bits per heavy atom. The summed E-state index contributed by atoms with van der Waals surface area (Å²) in [7, 11) is -3.60. The SMILES string of the molecule is CC(C)n1ncc2c(C(=O)N3CCC(NS(=O)(=O)c4ccccc4)CC3)cc(-c3ccco3)nc21. The Hall–Kier alpha value is -3.50. The molecule has 1 fully saturated rings. The summed E-state index contributed by atoms with van der Waals surface area (Å²) in [5, 5.41) is 5.15. The van der Waals surface area contributed by atoms with Gasteiger partial charge in [-0.3, -0.25) is 4.79 Å². The molecule has 10 heteroatoms. The third-order valence-electron chi connectivity index (χ3n) is 6.22. The molecule has 1 saturated heterocycles. The molecule has 0 atom stereocenters. The summed E-state index contributed by atoms with van der Waals surface area (Å²) < 4.78 is 35.5. The lowest BCUT2D eigenvalue weighted by atomic mass is 10.0. The number of nitrogens with one attached hydrogen (secondary N) is 1. The molecule has 5 rings (SSSR count). The summed E-state index contributed by atoms with van der Waals surface area (Å²) in [6, 6.07) is 13.5. The van der Waals surface area contributed by atoms with Gasteiger partial charge in [0.05, 0.1) is 28.3 Å². The number of hydrogen-bond acceptors (Lipinski definition) is 6. The first-order chi connectivity index (χ1) is 16.8. The van der Waals surface area contributed by atoms with Crippen LogP contribution in [0.25, 0.3) is 22.5 Å². The van der Waals surface area contributed by atoms with Crippen molar-refractivity contribution in [3.63, 3.8) is 0 Å². The van der Waals surface area contributed by atoms with Crippen LogP contribution in [0.5, 0.6) is 0 Å². The molecule has 1 amide bonds. The van der Waals surface area contributed by atoms with Crippen LogP contribution in [0, 0.1) is 0 Å². The van der Waals surface area contributed by atoms with Crippen LogP contribution in [0.2, 0.25) is 0 Å². The smallest absolute Gasteiger partial charge is 0.254 e. The zero-order chi connectivity index (χ0) is 24.6. The summed E-state index contributed by atoms with van der Waals surface area (Å²) >= 11 is 0. The minimum atomic E-state index is -3.60. The van der Waals surface area contributed by atoms with E-state index in [1.165, 1.54) is 0 Å². The van der Waals surface area contributed by atoms with Crippen molar-refractivity contribution >= 4 is 27.0 Å². The number of pyridine rings is 1. The molecule has 0 aliphatic carbocycles. The summed E-state index contributed by atoms with van der Waals surface area (Å²) in [5.74, 6) is 0.448. The fourth-order valence-electron chi connectivity index (χ4n) is 4.38. The van der Waals surface area contributed by atoms with E-state index in [2.05, 4.69) is 9.82 Å². The van der Waals surface area contributed by atoms with E-state index in [9.17, 15) is 13.2 Å². The van der Waals surface area contributed by atoms with Gasteiger partial charge in [0, 0.05) is 25.2 Å². The standard InChI is InChI=1S/C25H27N5O4S/c1-17(2)30-24-21(16-26-30)20(15-22(27-24)23-9-6-14-34-23)25(31)29-12-10-18(11-13-29)28-35(32,33)19-7-4-3-5-8-19/h3-9,14-18,28H,10-13H2,1-2H3. The van der Waals surface area contributed by atoms with Crippen molar-refractivity contribution in [2.75, 3.05) is 13.1 Å². The third-order valence-corrected chi connectivity index (χ3v) is 7.75. The number of furan rings is 1. The van der Waals surface area contributed by atoms with E-state index >= 15 is 0 Å². The number of piperidine rings is 1. The molecule has 0 saturated carbocycles. The van der Waals surface area contributed by atoms with Crippen LogP contribution in [0.1, 0.15) is 43.1 Å². The van der Waals surface area contributed by atoms with Crippen molar-refractivity contribution < 1.29 is 17.6 Å². The number of sulfonamides is 1. The molecule has 3 aromatic heterocycles. The van der Waals surface area contributed by atoms with Crippen molar-refractivity contribution in [2.45, 2.75) is 43.7 Å². The van der Waals surface area contributed by atoms with Crippen LogP contribution in [0.15, 0.2) is 70.3 Å². The van der Waals surface area contributed by atoms with Gasteiger partial charge in [0.1, 0.15) is 5.69 Å². The largest absolute Gasteiger partial charge is 0.463 e. The number of rotatable bonds is 6. The number of carbonyl (C=O) groups is 1. The third kappa shape index (κ3) is 4.59. The molecular formula is C25H27N5O4S. The molecule has 4 heterocycles. The normalized spacial score (nSPS) is 15.2. The molecule has 9 nitrogen and oxygen atoms in total. The van der Waals surface area contributed by atoms with Crippen LogP contribution in [-0.2, 0) is 10.0 Å². The van der Waals surface area contributed by atoms with E-state index in [4.69, 9.17) is 9.40 Å². The van der Waals surface area contributed by atoms with Crippen molar-refractivity contribution in [1.29, 1.82) is 0 Å². The Bertz CT molecular complexity index is 1440. The zero-order valence-electron chi connectivity index (χ0n) is 19.6. The van der Waals surface area contributed by atoms with Gasteiger partial charge in [0.25, 0.3) is 5.91 Å². The van der Waals surface area contributed by atoms with Crippen LogP contribution in [-0.4, -0.2) is 53.1 Å². The molecule has 0 spiro atoms. The molecule has 182 valence electrons. The Morgan fingerprint density at radius 3 is 2.51 bits per heavy atom. The lowest BCUT2D eigenvalue weighted by Crippen LogP contribution is -2.46. The van der Waals surface area contributed by atoms with E-state index in [0.29, 0.717) is 54.0 Å². The molecule has 1 aliphatic heterocycles. The second kappa shape index (κ2) is 9.27. The minimum absolute atomic E-state index is 0.0724. The number of benzene rings is 1. The second-order valence-electron chi connectivity index (χ2n) is 8.95. The first kappa shape index (κ1) is 23.3. The molecule has 1 aliphatic rings. The highest BCUT2D eigenvalue weighted by atomic mass is 32.2. The second-order valence-corrected chi connectivity index (χ2v) is 10.7.